The summed E-state index contributed by atoms with van der Waals surface area (Å²) >= 11 is 0. The maximum Gasteiger partial charge on any atom is 0.338 e. The molecular formula is C24H35NO7. The summed E-state index contributed by atoms with van der Waals surface area (Å²) in [7, 11) is 4.51. The first-order valence-electron chi connectivity index (χ1n) is 10.9. The van der Waals surface area contributed by atoms with Crippen LogP contribution in [0.1, 0.15) is 43.5 Å². The number of piperidine rings is 1. The van der Waals surface area contributed by atoms with Gasteiger partial charge in [0.2, 0.25) is 5.75 Å². The molecule has 1 aliphatic heterocycles. The van der Waals surface area contributed by atoms with E-state index in [1.807, 2.05) is 13.8 Å². The molecule has 1 aromatic carbocycles. The Labute approximate surface area is 190 Å². The van der Waals surface area contributed by atoms with E-state index >= 15 is 0 Å². The predicted octanol–water partition coefficient (Wildman–Crippen LogP) is 3.48. The summed E-state index contributed by atoms with van der Waals surface area (Å²) in [5, 5.41) is 0. The predicted molar refractivity (Wildman–Crippen MR) is 121 cm³/mol. The molecule has 0 N–H and O–H groups in total. The lowest BCUT2D eigenvalue weighted by Crippen LogP contribution is -2.38. The molecule has 0 saturated carbocycles. The zero-order valence-corrected chi connectivity index (χ0v) is 19.8. The summed E-state index contributed by atoms with van der Waals surface area (Å²) in [6.07, 6.45) is 4.36. The Balaban J connectivity index is 1.77. The van der Waals surface area contributed by atoms with Gasteiger partial charge in [-0.05, 0) is 51.8 Å². The largest absolute Gasteiger partial charge is 0.493 e. The number of carbonyl (C=O) groups excluding carboxylic acids is 2. The maximum absolute atomic E-state index is 12.5. The lowest BCUT2D eigenvalue weighted by atomic mass is 9.99. The molecule has 0 amide bonds. The zero-order valence-electron chi connectivity index (χ0n) is 19.8. The van der Waals surface area contributed by atoms with Gasteiger partial charge in [0.1, 0.15) is 0 Å². The van der Waals surface area contributed by atoms with Crippen LogP contribution in [0, 0.1) is 5.92 Å². The Bertz CT molecular complexity index is 777. The molecule has 1 unspecified atom stereocenters. The molecule has 0 bridgehead atoms. The van der Waals surface area contributed by atoms with Crippen molar-refractivity contribution in [1.29, 1.82) is 0 Å². The standard InChI is InChI=1S/C24H35NO7/c1-17(2)12-22(26)32-16-18-8-6-9-25(15-18)10-7-11-31-24(27)19-13-20(28-3)23(30-5)21(14-19)29-4/h12-14,18H,6-11,15-16H2,1-5H3. The van der Waals surface area contributed by atoms with Gasteiger partial charge >= 0.3 is 11.9 Å². The molecule has 0 aliphatic carbocycles. The van der Waals surface area contributed by atoms with Crippen molar-refractivity contribution >= 4 is 11.9 Å². The highest BCUT2D eigenvalue weighted by Crippen LogP contribution is 2.38. The number of benzene rings is 1. The number of hydrogen-bond acceptors (Lipinski definition) is 8. The monoisotopic (exact) mass is 449 g/mol. The first kappa shape index (κ1) is 25.5. The summed E-state index contributed by atoms with van der Waals surface area (Å²) in [6, 6.07) is 3.16. The third-order valence-corrected chi connectivity index (χ3v) is 5.22. The van der Waals surface area contributed by atoms with Crippen LogP contribution in [0.3, 0.4) is 0 Å². The van der Waals surface area contributed by atoms with Crippen LogP contribution in [0.2, 0.25) is 0 Å². The van der Waals surface area contributed by atoms with E-state index in [0.29, 0.717) is 41.9 Å². The summed E-state index contributed by atoms with van der Waals surface area (Å²) < 4.78 is 26.6. The van der Waals surface area contributed by atoms with Gasteiger partial charge in [-0.3, -0.25) is 0 Å². The lowest BCUT2D eigenvalue weighted by Gasteiger charge is -2.32. The van der Waals surface area contributed by atoms with Crippen LogP contribution in [-0.2, 0) is 14.3 Å². The van der Waals surface area contributed by atoms with Crippen LogP contribution in [0.25, 0.3) is 0 Å². The van der Waals surface area contributed by atoms with E-state index in [1.165, 1.54) is 27.4 Å². The summed E-state index contributed by atoms with van der Waals surface area (Å²) in [5.41, 5.74) is 1.28. The van der Waals surface area contributed by atoms with E-state index in [9.17, 15) is 9.59 Å². The molecule has 1 saturated heterocycles. The highest BCUT2D eigenvalue weighted by molar-refractivity contribution is 5.91. The van der Waals surface area contributed by atoms with Crippen LogP contribution in [0.15, 0.2) is 23.8 Å². The second kappa shape index (κ2) is 13.0. The molecular weight excluding hydrogens is 414 g/mol. The number of nitrogens with zero attached hydrogens (tertiary/aromatic N) is 1. The lowest BCUT2D eigenvalue weighted by molar-refractivity contribution is -0.139. The average Bonchev–Trinajstić information content (AvgIpc) is 2.79. The maximum atomic E-state index is 12.5. The number of carbonyl (C=O) groups is 2. The zero-order chi connectivity index (χ0) is 23.5. The SMILES string of the molecule is COc1cc(C(=O)OCCCN2CCCC(COC(=O)C=C(C)C)C2)cc(OC)c1OC. The van der Waals surface area contributed by atoms with Crippen LogP contribution in [0.5, 0.6) is 17.2 Å². The third-order valence-electron chi connectivity index (χ3n) is 5.22. The molecule has 0 aromatic heterocycles. The normalized spacial score (nSPS) is 16.1. The fraction of sp³-hybridized carbons (Fsp3) is 0.583. The molecule has 1 atom stereocenters. The molecule has 1 aliphatic rings. The Kier molecular flexibility index (Phi) is 10.3. The van der Waals surface area contributed by atoms with Crippen molar-refractivity contribution in [3.63, 3.8) is 0 Å². The summed E-state index contributed by atoms with van der Waals surface area (Å²) in [5.74, 6) is 0.859. The number of methoxy groups -OCH3 is 3. The van der Waals surface area contributed by atoms with E-state index in [-0.39, 0.29) is 5.97 Å². The number of esters is 2. The van der Waals surface area contributed by atoms with Gasteiger partial charge in [0.15, 0.2) is 11.5 Å². The summed E-state index contributed by atoms with van der Waals surface area (Å²) in [6.45, 7) is 7.20. The molecule has 1 aromatic rings. The van der Waals surface area contributed by atoms with E-state index in [4.69, 9.17) is 23.7 Å². The van der Waals surface area contributed by atoms with Crippen molar-refractivity contribution in [3.8, 4) is 17.2 Å². The minimum Gasteiger partial charge on any atom is -0.493 e. The van der Waals surface area contributed by atoms with Crippen LogP contribution in [0.4, 0.5) is 0 Å². The van der Waals surface area contributed by atoms with Gasteiger partial charge in [-0.15, -0.1) is 0 Å². The number of allylic oxidation sites excluding steroid dienone is 1. The molecule has 32 heavy (non-hydrogen) atoms. The molecule has 0 spiro atoms. The van der Waals surface area contributed by atoms with Gasteiger partial charge in [0.05, 0.1) is 40.1 Å². The van der Waals surface area contributed by atoms with E-state index in [2.05, 4.69) is 4.90 Å². The first-order valence-corrected chi connectivity index (χ1v) is 10.9. The Morgan fingerprint density at radius 3 is 2.34 bits per heavy atom. The quantitative estimate of drug-likeness (QED) is 0.288. The number of likely N-dealkylation sites (tertiary alicyclic amines) is 1. The van der Waals surface area contributed by atoms with Crippen molar-refractivity contribution in [3.05, 3.63) is 29.3 Å². The smallest absolute Gasteiger partial charge is 0.338 e. The Hall–Kier alpha value is -2.74. The number of rotatable bonds is 11. The van der Waals surface area contributed by atoms with E-state index < -0.39 is 5.97 Å². The van der Waals surface area contributed by atoms with Gasteiger partial charge in [-0.25, -0.2) is 9.59 Å². The fourth-order valence-corrected chi connectivity index (χ4v) is 3.70. The summed E-state index contributed by atoms with van der Waals surface area (Å²) in [4.78, 5) is 26.5. The van der Waals surface area contributed by atoms with Crippen molar-refractivity contribution in [2.45, 2.75) is 33.1 Å². The molecule has 178 valence electrons. The van der Waals surface area contributed by atoms with E-state index in [0.717, 1.165) is 44.5 Å². The van der Waals surface area contributed by atoms with Crippen molar-refractivity contribution in [1.82, 2.24) is 4.90 Å². The van der Waals surface area contributed by atoms with Gasteiger partial charge in [0.25, 0.3) is 0 Å². The Morgan fingerprint density at radius 1 is 1.06 bits per heavy atom. The van der Waals surface area contributed by atoms with Gasteiger partial charge < -0.3 is 28.6 Å². The molecule has 8 nitrogen and oxygen atoms in total. The number of hydrogen-bond donors (Lipinski definition) is 0. The molecule has 1 fully saturated rings. The van der Waals surface area contributed by atoms with Gasteiger partial charge in [0, 0.05) is 25.1 Å². The first-order chi connectivity index (χ1) is 15.4. The van der Waals surface area contributed by atoms with Crippen LogP contribution < -0.4 is 14.2 Å². The van der Waals surface area contributed by atoms with Crippen molar-refractivity contribution in [2.75, 3.05) is 54.2 Å². The van der Waals surface area contributed by atoms with Crippen LogP contribution in [-0.4, -0.2) is 71.0 Å². The van der Waals surface area contributed by atoms with Crippen molar-refractivity contribution < 1.29 is 33.3 Å². The van der Waals surface area contributed by atoms with Gasteiger partial charge in [-0.2, -0.15) is 0 Å². The van der Waals surface area contributed by atoms with Gasteiger partial charge in [-0.1, -0.05) is 5.57 Å². The second-order valence-electron chi connectivity index (χ2n) is 8.06. The minimum atomic E-state index is -0.438. The molecule has 1 heterocycles. The van der Waals surface area contributed by atoms with Crippen LogP contribution >= 0.6 is 0 Å². The highest BCUT2D eigenvalue weighted by atomic mass is 16.5. The number of ether oxygens (including phenoxy) is 5. The Morgan fingerprint density at radius 2 is 1.75 bits per heavy atom. The molecule has 8 heteroatoms. The molecule has 0 radical (unpaired) electrons. The minimum absolute atomic E-state index is 0.277. The second-order valence-corrected chi connectivity index (χ2v) is 8.06. The highest BCUT2D eigenvalue weighted by Gasteiger charge is 2.21. The molecule has 2 rings (SSSR count). The average molecular weight is 450 g/mol. The third kappa shape index (κ3) is 7.75. The van der Waals surface area contributed by atoms with E-state index in [1.54, 1.807) is 12.1 Å². The topological polar surface area (TPSA) is 83.5 Å². The fourth-order valence-electron chi connectivity index (χ4n) is 3.70. The van der Waals surface area contributed by atoms with Crippen molar-refractivity contribution in [2.24, 2.45) is 5.92 Å².